The maximum absolute atomic E-state index is 12.1. The minimum atomic E-state index is -0.926. The van der Waals surface area contributed by atoms with Crippen molar-refractivity contribution in [2.45, 2.75) is 38.1 Å². The van der Waals surface area contributed by atoms with E-state index in [1.54, 1.807) is 6.92 Å². The Bertz CT molecular complexity index is 353. The molecular weight excluding hydrogens is 234 g/mol. The van der Waals surface area contributed by atoms with Crippen LogP contribution >= 0.6 is 0 Å². The molecule has 2 aliphatic carbocycles. The first-order valence-electron chi connectivity index (χ1n) is 6.48. The van der Waals surface area contributed by atoms with Gasteiger partial charge in [-0.05, 0) is 38.0 Å². The van der Waals surface area contributed by atoms with Crippen molar-refractivity contribution < 1.29 is 19.4 Å². The van der Waals surface area contributed by atoms with Gasteiger partial charge in [0.25, 0.3) is 0 Å². The Hall–Kier alpha value is -1.10. The van der Waals surface area contributed by atoms with Gasteiger partial charge in [-0.15, -0.1) is 0 Å². The highest BCUT2D eigenvalue weighted by Gasteiger charge is 2.52. The van der Waals surface area contributed by atoms with E-state index in [-0.39, 0.29) is 24.9 Å². The van der Waals surface area contributed by atoms with Crippen LogP contribution in [0.3, 0.4) is 0 Å². The number of carboxylic acids is 1. The van der Waals surface area contributed by atoms with Gasteiger partial charge in [0.05, 0.1) is 18.6 Å². The number of rotatable bonds is 7. The highest BCUT2D eigenvalue weighted by Crippen LogP contribution is 2.54. The number of aliphatic carboxylic acids is 1. The molecule has 0 aromatic carbocycles. The van der Waals surface area contributed by atoms with Crippen LogP contribution in [0.5, 0.6) is 0 Å². The number of hydrogen-bond acceptors (Lipinski definition) is 3. The zero-order chi connectivity index (χ0) is 13.3. The molecule has 0 spiro atoms. The van der Waals surface area contributed by atoms with Crippen LogP contribution in [0, 0.1) is 17.8 Å². The lowest BCUT2D eigenvalue weighted by Gasteiger charge is -2.28. The van der Waals surface area contributed by atoms with Crippen molar-refractivity contribution in [3.8, 4) is 0 Å². The Balaban J connectivity index is 1.87. The Kier molecular flexibility index (Phi) is 3.61. The van der Waals surface area contributed by atoms with Crippen LogP contribution in [0.15, 0.2) is 0 Å². The molecule has 0 radical (unpaired) electrons. The highest BCUT2D eigenvalue weighted by molar-refractivity contribution is 5.83. The third kappa shape index (κ3) is 3.22. The number of carboxylic acid groups (broad SMARTS) is 1. The van der Waals surface area contributed by atoms with E-state index in [2.05, 4.69) is 5.32 Å². The Labute approximate surface area is 107 Å². The van der Waals surface area contributed by atoms with Crippen LogP contribution in [-0.4, -0.2) is 36.2 Å². The third-order valence-corrected chi connectivity index (χ3v) is 3.83. The largest absolute Gasteiger partial charge is 0.481 e. The smallest absolute Gasteiger partial charge is 0.305 e. The number of carbonyl (C=O) groups excluding carboxylic acids is 1. The van der Waals surface area contributed by atoms with Crippen LogP contribution < -0.4 is 5.32 Å². The molecule has 0 aromatic heterocycles. The van der Waals surface area contributed by atoms with E-state index in [1.807, 2.05) is 0 Å². The lowest BCUT2D eigenvalue weighted by Crippen LogP contribution is -2.51. The van der Waals surface area contributed by atoms with Gasteiger partial charge in [-0.25, -0.2) is 0 Å². The molecule has 5 nitrogen and oxygen atoms in total. The molecule has 5 heteroatoms. The summed E-state index contributed by atoms with van der Waals surface area (Å²) in [5.74, 6) is 0.454. The van der Waals surface area contributed by atoms with Crippen molar-refractivity contribution >= 4 is 11.9 Å². The molecule has 0 aromatic rings. The predicted molar refractivity (Wildman–Crippen MR) is 65.0 cm³/mol. The average molecular weight is 255 g/mol. The number of hydrogen-bond donors (Lipinski definition) is 2. The lowest BCUT2D eigenvalue weighted by atomic mass is 9.98. The quantitative estimate of drug-likeness (QED) is 0.712. The summed E-state index contributed by atoms with van der Waals surface area (Å²) >= 11 is 0. The highest BCUT2D eigenvalue weighted by atomic mass is 16.5. The molecule has 0 saturated heterocycles. The van der Waals surface area contributed by atoms with Gasteiger partial charge in [-0.2, -0.15) is 0 Å². The average Bonchev–Trinajstić information content (AvgIpc) is 3.10. The Morgan fingerprint density at radius 1 is 1.44 bits per heavy atom. The molecule has 0 heterocycles. The molecule has 0 unspecified atom stereocenters. The summed E-state index contributed by atoms with van der Waals surface area (Å²) in [4.78, 5) is 22.9. The van der Waals surface area contributed by atoms with E-state index < -0.39 is 11.5 Å². The van der Waals surface area contributed by atoms with Crippen molar-refractivity contribution in [3.05, 3.63) is 0 Å². The molecule has 3 atom stereocenters. The second kappa shape index (κ2) is 4.88. The van der Waals surface area contributed by atoms with Crippen LogP contribution in [0.2, 0.25) is 0 Å². The van der Waals surface area contributed by atoms with Gasteiger partial charge in [0, 0.05) is 13.0 Å². The molecule has 0 aliphatic heterocycles. The fourth-order valence-electron chi connectivity index (χ4n) is 2.74. The third-order valence-electron chi connectivity index (χ3n) is 3.83. The molecule has 18 heavy (non-hydrogen) atoms. The normalized spacial score (nSPS) is 29.4. The topological polar surface area (TPSA) is 75.6 Å². The first-order chi connectivity index (χ1) is 8.45. The minimum Gasteiger partial charge on any atom is -0.481 e. The summed E-state index contributed by atoms with van der Waals surface area (Å²) in [5, 5.41) is 11.7. The predicted octanol–water partition coefficient (Wildman–Crippen LogP) is 1.03. The molecule has 2 fully saturated rings. The summed E-state index contributed by atoms with van der Waals surface area (Å²) in [6.07, 6.45) is 3.35. The van der Waals surface area contributed by atoms with E-state index in [0.717, 1.165) is 12.3 Å². The molecule has 2 aliphatic rings. The van der Waals surface area contributed by atoms with Crippen LogP contribution in [0.4, 0.5) is 0 Å². The number of carbonyl (C=O) groups is 2. The van der Waals surface area contributed by atoms with E-state index >= 15 is 0 Å². The fraction of sp³-hybridized carbons (Fsp3) is 0.846. The molecule has 2 N–H and O–H groups in total. The Morgan fingerprint density at radius 2 is 2.11 bits per heavy atom. The minimum absolute atomic E-state index is 0.00676. The van der Waals surface area contributed by atoms with Crippen LogP contribution in [0.1, 0.15) is 32.6 Å². The van der Waals surface area contributed by atoms with Gasteiger partial charge in [0.15, 0.2) is 0 Å². The van der Waals surface area contributed by atoms with Crippen molar-refractivity contribution in [1.82, 2.24) is 5.32 Å². The van der Waals surface area contributed by atoms with Gasteiger partial charge >= 0.3 is 5.97 Å². The molecule has 1 amide bonds. The monoisotopic (exact) mass is 255 g/mol. The summed E-state index contributed by atoms with van der Waals surface area (Å²) in [6, 6.07) is 0. The maximum Gasteiger partial charge on any atom is 0.305 e. The van der Waals surface area contributed by atoms with Gasteiger partial charge in [-0.3, -0.25) is 9.59 Å². The SMILES string of the molecule is COC[C@](C)(CC(=O)O)NC(=O)[C@H]1C[C@@H]1C1CC1. The van der Waals surface area contributed by atoms with Crippen molar-refractivity contribution in [3.63, 3.8) is 0 Å². The van der Waals surface area contributed by atoms with Gasteiger partial charge in [0.1, 0.15) is 0 Å². The van der Waals surface area contributed by atoms with Gasteiger partial charge in [0.2, 0.25) is 5.91 Å². The van der Waals surface area contributed by atoms with Crippen LogP contribution in [0.25, 0.3) is 0 Å². The summed E-state index contributed by atoms with van der Waals surface area (Å²) in [5.41, 5.74) is -0.811. The zero-order valence-corrected chi connectivity index (χ0v) is 10.9. The van der Waals surface area contributed by atoms with Crippen molar-refractivity contribution in [1.29, 1.82) is 0 Å². The molecule has 2 rings (SSSR count). The van der Waals surface area contributed by atoms with Crippen molar-refractivity contribution in [2.24, 2.45) is 17.8 Å². The summed E-state index contributed by atoms with van der Waals surface area (Å²) in [6.45, 7) is 1.93. The van der Waals surface area contributed by atoms with E-state index in [4.69, 9.17) is 9.84 Å². The number of amides is 1. The lowest BCUT2D eigenvalue weighted by molar-refractivity contribution is -0.139. The Morgan fingerprint density at radius 3 is 2.61 bits per heavy atom. The van der Waals surface area contributed by atoms with Crippen molar-refractivity contribution in [2.75, 3.05) is 13.7 Å². The number of ether oxygens (including phenoxy) is 1. The molecular formula is C13H21NO4. The summed E-state index contributed by atoms with van der Waals surface area (Å²) < 4.78 is 5.02. The number of methoxy groups -OCH3 is 1. The standard InChI is InChI=1S/C13H21NO4/c1-13(7-18-2,6-11(15)16)14-12(17)10-5-9(10)8-3-4-8/h8-10H,3-7H2,1-2H3,(H,14,17)(H,15,16)/t9-,10+,13+/m1/s1. The fourth-order valence-corrected chi connectivity index (χ4v) is 2.74. The first-order valence-corrected chi connectivity index (χ1v) is 6.48. The molecule has 0 bridgehead atoms. The number of nitrogens with one attached hydrogen (secondary N) is 1. The second-order valence-electron chi connectivity index (χ2n) is 5.90. The van der Waals surface area contributed by atoms with E-state index in [0.29, 0.717) is 5.92 Å². The van der Waals surface area contributed by atoms with E-state index in [9.17, 15) is 9.59 Å². The first kappa shape index (κ1) is 13.3. The second-order valence-corrected chi connectivity index (χ2v) is 5.90. The summed E-state index contributed by atoms with van der Waals surface area (Å²) in [7, 11) is 1.51. The van der Waals surface area contributed by atoms with Gasteiger partial charge < -0.3 is 15.2 Å². The van der Waals surface area contributed by atoms with E-state index in [1.165, 1.54) is 20.0 Å². The molecule has 102 valence electrons. The molecule has 2 saturated carbocycles. The zero-order valence-electron chi connectivity index (χ0n) is 10.9. The van der Waals surface area contributed by atoms with Crippen LogP contribution in [-0.2, 0) is 14.3 Å². The van der Waals surface area contributed by atoms with Gasteiger partial charge in [-0.1, -0.05) is 0 Å². The maximum atomic E-state index is 12.1.